The molecule has 4 rings (SSSR count). The minimum Gasteiger partial charge on any atom is -0.489 e. The van der Waals surface area contributed by atoms with E-state index in [4.69, 9.17) is 4.74 Å². The van der Waals surface area contributed by atoms with Crippen molar-refractivity contribution in [3.05, 3.63) is 88.7 Å². The summed E-state index contributed by atoms with van der Waals surface area (Å²) in [4.78, 5) is 11.2. The van der Waals surface area contributed by atoms with Gasteiger partial charge in [-0.2, -0.15) is 0 Å². The maximum Gasteiger partial charge on any atom is 0.305 e. The van der Waals surface area contributed by atoms with Crippen LogP contribution in [0.15, 0.2) is 60.7 Å². The highest BCUT2D eigenvalue weighted by molar-refractivity contribution is 5.69. The molecule has 0 saturated heterocycles. The van der Waals surface area contributed by atoms with Gasteiger partial charge in [-0.3, -0.25) is 4.79 Å². The van der Waals surface area contributed by atoms with E-state index in [1.54, 1.807) is 6.07 Å². The maximum atomic E-state index is 14.0. The number of methoxy groups -OCH3 is 1. The lowest BCUT2D eigenvalue weighted by Gasteiger charge is -2.14. The van der Waals surface area contributed by atoms with Gasteiger partial charge < -0.3 is 9.47 Å². The number of ether oxygens (including phenoxy) is 2. The molecular formula is C28H29FO3. The molecule has 1 aliphatic carbocycles. The first-order chi connectivity index (χ1) is 15.5. The number of halogens is 1. The summed E-state index contributed by atoms with van der Waals surface area (Å²) < 4.78 is 24.7. The molecule has 3 aromatic rings. The smallest absolute Gasteiger partial charge is 0.305 e. The van der Waals surface area contributed by atoms with Gasteiger partial charge in [-0.1, -0.05) is 36.4 Å². The average molecular weight is 433 g/mol. The lowest BCUT2D eigenvalue weighted by atomic mass is 9.95. The molecule has 0 aliphatic heterocycles. The molecule has 1 aliphatic rings. The van der Waals surface area contributed by atoms with Crippen molar-refractivity contribution in [3.63, 3.8) is 0 Å². The quantitative estimate of drug-likeness (QED) is 0.351. The molecule has 4 heteroatoms. The molecule has 1 fully saturated rings. The lowest BCUT2D eigenvalue weighted by molar-refractivity contribution is -0.140. The summed E-state index contributed by atoms with van der Waals surface area (Å²) in [5.41, 5.74) is 6.77. The SMILES string of the molecule is COC(=O)CCCc1ccc(OCc2cc(F)ccc2-c2ccc(C3CC3)c(C)c2)cc1. The number of aryl methyl sites for hydroxylation is 2. The topological polar surface area (TPSA) is 35.5 Å². The van der Waals surface area contributed by atoms with E-state index >= 15 is 0 Å². The average Bonchev–Trinajstić information content (AvgIpc) is 3.63. The molecular weight excluding hydrogens is 403 g/mol. The monoisotopic (exact) mass is 432 g/mol. The zero-order chi connectivity index (χ0) is 22.5. The molecule has 1 saturated carbocycles. The summed E-state index contributed by atoms with van der Waals surface area (Å²) >= 11 is 0. The van der Waals surface area contributed by atoms with Gasteiger partial charge in [0.2, 0.25) is 0 Å². The van der Waals surface area contributed by atoms with E-state index < -0.39 is 0 Å². The Kier molecular flexibility index (Phi) is 6.89. The minimum absolute atomic E-state index is 0.187. The number of rotatable bonds is 9. The van der Waals surface area contributed by atoms with E-state index in [-0.39, 0.29) is 18.4 Å². The molecule has 0 amide bonds. The fraction of sp³-hybridized carbons (Fsp3) is 0.321. The highest BCUT2D eigenvalue weighted by Crippen LogP contribution is 2.42. The summed E-state index contributed by atoms with van der Waals surface area (Å²) in [5, 5.41) is 0. The maximum absolute atomic E-state index is 14.0. The third-order valence-corrected chi connectivity index (χ3v) is 6.06. The Bertz CT molecular complexity index is 1080. The molecule has 0 N–H and O–H groups in total. The summed E-state index contributed by atoms with van der Waals surface area (Å²) in [5.74, 6) is 0.994. The van der Waals surface area contributed by atoms with Gasteiger partial charge >= 0.3 is 5.97 Å². The van der Waals surface area contributed by atoms with E-state index in [1.165, 1.54) is 37.1 Å². The number of benzene rings is 3. The molecule has 0 unspecified atom stereocenters. The molecule has 3 nitrogen and oxygen atoms in total. The van der Waals surface area contributed by atoms with E-state index in [0.717, 1.165) is 40.8 Å². The van der Waals surface area contributed by atoms with Crippen molar-refractivity contribution in [1.29, 1.82) is 0 Å². The van der Waals surface area contributed by atoms with Gasteiger partial charge in [-0.05, 0) is 96.2 Å². The van der Waals surface area contributed by atoms with E-state index in [1.807, 2.05) is 30.3 Å². The zero-order valence-corrected chi connectivity index (χ0v) is 18.7. The van der Waals surface area contributed by atoms with Gasteiger partial charge in [0.15, 0.2) is 0 Å². The van der Waals surface area contributed by atoms with Gasteiger partial charge in [-0.15, -0.1) is 0 Å². The summed E-state index contributed by atoms with van der Waals surface area (Å²) in [7, 11) is 1.41. The van der Waals surface area contributed by atoms with Crippen LogP contribution in [-0.4, -0.2) is 13.1 Å². The second kappa shape index (κ2) is 9.99. The number of hydrogen-bond donors (Lipinski definition) is 0. The summed E-state index contributed by atoms with van der Waals surface area (Å²) in [6, 6.07) is 19.3. The van der Waals surface area contributed by atoms with Crippen LogP contribution < -0.4 is 4.74 Å². The van der Waals surface area contributed by atoms with Crippen molar-refractivity contribution in [2.75, 3.05) is 7.11 Å². The van der Waals surface area contributed by atoms with Crippen molar-refractivity contribution in [3.8, 4) is 16.9 Å². The Morgan fingerprint density at radius 1 is 1.03 bits per heavy atom. The zero-order valence-electron chi connectivity index (χ0n) is 18.7. The van der Waals surface area contributed by atoms with Crippen molar-refractivity contribution in [1.82, 2.24) is 0 Å². The Morgan fingerprint density at radius 2 is 1.81 bits per heavy atom. The normalized spacial score (nSPS) is 13.1. The van der Waals surface area contributed by atoms with Crippen LogP contribution in [-0.2, 0) is 22.6 Å². The third kappa shape index (κ3) is 5.56. The highest BCUT2D eigenvalue weighted by Gasteiger charge is 2.25. The first-order valence-corrected chi connectivity index (χ1v) is 11.2. The number of carbonyl (C=O) groups excluding carboxylic acids is 1. The van der Waals surface area contributed by atoms with Crippen LogP contribution in [0.2, 0.25) is 0 Å². The number of esters is 1. The fourth-order valence-electron chi connectivity index (χ4n) is 4.11. The van der Waals surface area contributed by atoms with Gasteiger partial charge in [0.25, 0.3) is 0 Å². The van der Waals surface area contributed by atoms with Gasteiger partial charge in [-0.25, -0.2) is 4.39 Å². The third-order valence-electron chi connectivity index (χ3n) is 6.06. The molecule has 0 heterocycles. The number of hydrogen-bond acceptors (Lipinski definition) is 3. The summed E-state index contributed by atoms with van der Waals surface area (Å²) in [6.45, 7) is 2.45. The van der Waals surface area contributed by atoms with Crippen molar-refractivity contribution in [2.45, 2.75) is 51.6 Å². The van der Waals surface area contributed by atoms with Crippen molar-refractivity contribution >= 4 is 5.97 Å². The fourth-order valence-corrected chi connectivity index (χ4v) is 4.11. The molecule has 0 atom stereocenters. The van der Waals surface area contributed by atoms with E-state index in [9.17, 15) is 9.18 Å². The van der Waals surface area contributed by atoms with Crippen molar-refractivity contribution in [2.24, 2.45) is 0 Å². The summed E-state index contributed by atoms with van der Waals surface area (Å²) in [6.07, 6.45) is 4.52. The van der Waals surface area contributed by atoms with Gasteiger partial charge in [0.05, 0.1) is 7.11 Å². The van der Waals surface area contributed by atoms with Crippen LogP contribution in [0, 0.1) is 12.7 Å². The molecule has 0 aromatic heterocycles. The van der Waals surface area contributed by atoms with Crippen LogP contribution in [0.25, 0.3) is 11.1 Å². The van der Waals surface area contributed by atoms with Crippen LogP contribution in [0.1, 0.15) is 53.9 Å². The minimum atomic E-state index is -0.264. The molecule has 0 bridgehead atoms. The number of carbonyl (C=O) groups is 1. The molecule has 0 radical (unpaired) electrons. The second-order valence-corrected chi connectivity index (χ2v) is 8.51. The first-order valence-electron chi connectivity index (χ1n) is 11.2. The van der Waals surface area contributed by atoms with Crippen LogP contribution >= 0.6 is 0 Å². The van der Waals surface area contributed by atoms with Crippen LogP contribution in [0.5, 0.6) is 5.75 Å². The standard InChI is InChI=1S/C28H29FO3/c1-19-16-22(10-14-26(19)21-8-9-21)27-15-11-24(29)17-23(27)18-32-25-12-6-20(7-13-25)4-3-5-28(30)31-2/h6-7,10-17,21H,3-5,8-9,18H2,1-2H3. The molecule has 0 spiro atoms. The van der Waals surface area contributed by atoms with Crippen molar-refractivity contribution < 1.29 is 18.7 Å². The molecule has 3 aromatic carbocycles. The van der Waals surface area contributed by atoms with Gasteiger partial charge in [0, 0.05) is 6.42 Å². The predicted octanol–water partition coefficient (Wildman–Crippen LogP) is 6.75. The largest absolute Gasteiger partial charge is 0.489 e. The Hall–Kier alpha value is -3.14. The van der Waals surface area contributed by atoms with Gasteiger partial charge in [0.1, 0.15) is 18.2 Å². The first kappa shape index (κ1) is 22.1. The predicted molar refractivity (Wildman–Crippen MR) is 124 cm³/mol. The van der Waals surface area contributed by atoms with E-state index in [0.29, 0.717) is 12.3 Å². The molecule has 166 valence electrons. The Labute approximate surface area is 189 Å². The molecule has 32 heavy (non-hydrogen) atoms. The Morgan fingerprint density at radius 3 is 2.50 bits per heavy atom. The second-order valence-electron chi connectivity index (χ2n) is 8.51. The van der Waals surface area contributed by atoms with Crippen LogP contribution in [0.3, 0.4) is 0 Å². The van der Waals surface area contributed by atoms with Crippen LogP contribution in [0.4, 0.5) is 4.39 Å². The Balaban J connectivity index is 1.43. The lowest BCUT2D eigenvalue weighted by Crippen LogP contribution is -2.01. The highest BCUT2D eigenvalue weighted by atomic mass is 19.1. The van der Waals surface area contributed by atoms with E-state index in [2.05, 4.69) is 29.9 Å².